The molecule has 0 radical (unpaired) electrons. The number of carboxylic acids is 1. The van der Waals surface area contributed by atoms with Crippen molar-refractivity contribution in [3.05, 3.63) is 107 Å². The molecule has 0 bridgehead atoms. The number of benzene rings is 3. The van der Waals surface area contributed by atoms with E-state index in [2.05, 4.69) is 23.6 Å². The second-order valence-electron chi connectivity index (χ2n) is 12.9. The maximum Gasteiger partial charge on any atom is 0.326 e. The second kappa shape index (κ2) is 22.4. The lowest BCUT2D eigenvalue weighted by Gasteiger charge is -2.24. The Morgan fingerprint density at radius 1 is 0.688 bits per heavy atom. The van der Waals surface area contributed by atoms with Crippen molar-refractivity contribution in [2.45, 2.75) is 122 Å². The number of halogens is 1. The van der Waals surface area contributed by atoms with Gasteiger partial charge in [-0.1, -0.05) is 139 Å². The minimum atomic E-state index is -1.17. The maximum atomic E-state index is 13.8. The highest BCUT2D eigenvalue weighted by atomic mass is 19.1. The fourth-order valence-electron chi connectivity index (χ4n) is 5.92. The number of rotatable bonds is 24. The van der Waals surface area contributed by atoms with Crippen LogP contribution in [0, 0.1) is 5.82 Å². The molecule has 0 heterocycles. The Morgan fingerprint density at radius 3 is 1.73 bits per heavy atom. The Hall–Kier alpha value is -4.13. The van der Waals surface area contributed by atoms with Crippen LogP contribution in [0.4, 0.5) is 10.1 Å². The van der Waals surface area contributed by atoms with Crippen LogP contribution in [0.25, 0.3) is 6.08 Å². The molecule has 7 heteroatoms. The van der Waals surface area contributed by atoms with Crippen LogP contribution in [0.5, 0.6) is 0 Å². The van der Waals surface area contributed by atoms with Crippen LogP contribution in [-0.2, 0) is 22.4 Å². The molecule has 5 N–H and O–H groups in total. The van der Waals surface area contributed by atoms with Crippen LogP contribution in [-0.4, -0.2) is 29.1 Å². The number of carbonyl (C=O) groups is 2. The van der Waals surface area contributed by atoms with Crippen molar-refractivity contribution < 1.29 is 19.1 Å². The van der Waals surface area contributed by atoms with Crippen LogP contribution in [0.1, 0.15) is 114 Å². The van der Waals surface area contributed by atoms with Crippen molar-refractivity contribution in [3.8, 4) is 0 Å². The van der Waals surface area contributed by atoms with Gasteiger partial charge in [0.2, 0.25) is 5.91 Å². The molecule has 3 aromatic carbocycles. The molecule has 6 nitrogen and oxygen atoms in total. The van der Waals surface area contributed by atoms with E-state index in [1.54, 1.807) is 12.1 Å². The minimum Gasteiger partial charge on any atom is -0.480 e. The summed E-state index contributed by atoms with van der Waals surface area (Å²) in [6, 6.07) is 21.2. The van der Waals surface area contributed by atoms with Gasteiger partial charge < -0.3 is 21.5 Å². The van der Waals surface area contributed by atoms with Crippen molar-refractivity contribution in [2.24, 2.45) is 0 Å². The summed E-state index contributed by atoms with van der Waals surface area (Å²) in [7, 11) is 0. The van der Waals surface area contributed by atoms with Crippen LogP contribution in [0.2, 0.25) is 0 Å². The lowest BCUT2D eigenvalue weighted by atomic mass is 10.0. The number of carbonyl (C=O) groups excluding carboxylic acids is 1. The average Bonchev–Trinajstić information content (AvgIpc) is 3.08. The van der Waals surface area contributed by atoms with E-state index < -0.39 is 29.8 Å². The van der Waals surface area contributed by atoms with Gasteiger partial charge in [-0.2, -0.15) is 0 Å². The van der Waals surface area contributed by atoms with Crippen molar-refractivity contribution in [1.82, 2.24) is 10.6 Å². The highest BCUT2D eigenvalue weighted by Crippen LogP contribution is 2.18. The third kappa shape index (κ3) is 15.6. The van der Waals surface area contributed by atoms with E-state index in [1.165, 1.54) is 94.9 Å². The fraction of sp³-hybridized carbons (Fsp3) is 0.463. The Morgan fingerprint density at radius 2 is 1.19 bits per heavy atom. The topological polar surface area (TPSA) is 104 Å². The number of hydrogen-bond donors (Lipinski definition) is 4. The standard InChI is InChI=1S/C41H56FN3O3/c1-2-3-4-5-6-7-8-9-10-11-12-13-17-20-37(29-32-18-15-14-16-19-32)44-38(30-34-23-27-36(43)28-24-34)40(46)45-39(41(47)48)31-33-21-25-35(42)26-22-33/h14-16,18-19,21-29,38-39,44H,2-13,17,20,30-31,43H2,1H3,(H,45,46)(H,47,48)/b37-29+/t38-,39-/m0/s1. The van der Waals surface area contributed by atoms with E-state index in [4.69, 9.17) is 5.73 Å². The summed E-state index contributed by atoms with van der Waals surface area (Å²) in [5, 5.41) is 16.2. The Kier molecular flexibility index (Phi) is 17.9. The first-order valence-corrected chi connectivity index (χ1v) is 18.0. The molecule has 3 rings (SSSR count). The summed E-state index contributed by atoms with van der Waals surface area (Å²) >= 11 is 0. The summed E-state index contributed by atoms with van der Waals surface area (Å²) < 4.78 is 13.4. The van der Waals surface area contributed by atoms with Crippen molar-refractivity contribution >= 4 is 23.6 Å². The Labute approximate surface area is 287 Å². The predicted octanol–water partition coefficient (Wildman–Crippen LogP) is 9.24. The van der Waals surface area contributed by atoms with Gasteiger partial charge in [-0.3, -0.25) is 4.79 Å². The van der Waals surface area contributed by atoms with Crippen molar-refractivity contribution in [3.63, 3.8) is 0 Å². The molecule has 0 saturated carbocycles. The van der Waals surface area contributed by atoms with Gasteiger partial charge in [0, 0.05) is 24.2 Å². The zero-order chi connectivity index (χ0) is 34.4. The predicted molar refractivity (Wildman–Crippen MR) is 196 cm³/mol. The van der Waals surface area contributed by atoms with Gasteiger partial charge in [-0.05, 0) is 59.9 Å². The molecule has 48 heavy (non-hydrogen) atoms. The normalized spacial score (nSPS) is 12.8. The molecule has 0 aromatic heterocycles. The number of hydrogen-bond acceptors (Lipinski definition) is 4. The number of aliphatic carboxylic acids is 1. The average molecular weight is 658 g/mol. The van der Waals surface area contributed by atoms with Gasteiger partial charge >= 0.3 is 5.97 Å². The monoisotopic (exact) mass is 657 g/mol. The SMILES string of the molecule is CCCCCCCCCCCCCCC/C(=C\c1ccccc1)N[C@@H](Cc1ccc(N)cc1)C(=O)N[C@@H](Cc1ccc(F)cc1)C(=O)O. The molecule has 3 aromatic rings. The van der Waals surface area contributed by atoms with Gasteiger partial charge in [0.15, 0.2) is 0 Å². The molecule has 0 fully saturated rings. The molecule has 2 atom stereocenters. The first kappa shape index (κ1) is 38.3. The molecule has 0 aliphatic rings. The molecular formula is C41H56FN3O3. The van der Waals surface area contributed by atoms with Gasteiger partial charge in [-0.15, -0.1) is 0 Å². The molecular weight excluding hydrogens is 601 g/mol. The lowest BCUT2D eigenvalue weighted by Crippen LogP contribution is -2.51. The lowest BCUT2D eigenvalue weighted by molar-refractivity contribution is -0.142. The van der Waals surface area contributed by atoms with E-state index >= 15 is 0 Å². The summed E-state index contributed by atoms with van der Waals surface area (Å²) in [5.74, 6) is -1.96. The van der Waals surface area contributed by atoms with Crippen molar-refractivity contribution in [2.75, 3.05) is 5.73 Å². The van der Waals surface area contributed by atoms with E-state index in [1.807, 2.05) is 42.5 Å². The second-order valence-corrected chi connectivity index (χ2v) is 12.9. The number of allylic oxidation sites excluding steroid dienone is 1. The minimum absolute atomic E-state index is 0.0433. The summed E-state index contributed by atoms with van der Waals surface area (Å²) in [6.07, 6.45) is 19.8. The molecule has 260 valence electrons. The maximum absolute atomic E-state index is 13.8. The quantitative estimate of drug-likeness (QED) is 0.0568. The molecule has 0 saturated heterocycles. The van der Waals surface area contributed by atoms with Crippen LogP contribution < -0.4 is 16.4 Å². The largest absolute Gasteiger partial charge is 0.480 e. The van der Waals surface area contributed by atoms with Gasteiger partial charge in [0.1, 0.15) is 17.9 Å². The third-order valence-electron chi connectivity index (χ3n) is 8.75. The first-order chi connectivity index (χ1) is 23.3. The molecule has 0 aliphatic heterocycles. The van der Waals surface area contributed by atoms with Gasteiger partial charge in [0.25, 0.3) is 0 Å². The Bertz CT molecular complexity index is 1360. The van der Waals surface area contributed by atoms with Gasteiger partial charge in [-0.25, -0.2) is 9.18 Å². The number of amides is 1. The van der Waals surface area contributed by atoms with E-state index in [0.29, 0.717) is 17.7 Å². The molecule has 1 amide bonds. The van der Waals surface area contributed by atoms with Gasteiger partial charge in [0.05, 0.1) is 0 Å². The van der Waals surface area contributed by atoms with E-state index in [-0.39, 0.29) is 6.42 Å². The molecule has 0 unspecified atom stereocenters. The summed E-state index contributed by atoms with van der Waals surface area (Å²) in [5.41, 5.74) is 10.0. The van der Waals surface area contributed by atoms with Crippen molar-refractivity contribution in [1.29, 1.82) is 0 Å². The fourth-order valence-corrected chi connectivity index (χ4v) is 5.92. The van der Waals surface area contributed by atoms with E-state index in [9.17, 15) is 19.1 Å². The van der Waals surface area contributed by atoms with Crippen LogP contribution >= 0.6 is 0 Å². The van der Waals surface area contributed by atoms with Crippen LogP contribution in [0.15, 0.2) is 84.6 Å². The number of anilines is 1. The zero-order valence-electron chi connectivity index (χ0n) is 28.8. The molecule has 0 spiro atoms. The number of nitrogens with one attached hydrogen (secondary N) is 2. The molecule has 0 aliphatic carbocycles. The summed E-state index contributed by atoms with van der Waals surface area (Å²) in [6.45, 7) is 2.26. The highest BCUT2D eigenvalue weighted by molar-refractivity contribution is 5.87. The highest BCUT2D eigenvalue weighted by Gasteiger charge is 2.26. The number of unbranched alkanes of at least 4 members (excludes halogenated alkanes) is 12. The first-order valence-electron chi connectivity index (χ1n) is 18.0. The number of nitrogen functional groups attached to an aromatic ring is 1. The number of carboxylic acid groups (broad SMARTS) is 1. The third-order valence-corrected chi connectivity index (χ3v) is 8.75. The van der Waals surface area contributed by atoms with E-state index in [0.717, 1.165) is 36.1 Å². The zero-order valence-corrected chi connectivity index (χ0v) is 28.8. The smallest absolute Gasteiger partial charge is 0.326 e. The Balaban J connectivity index is 1.63. The number of nitrogens with two attached hydrogens (primary N) is 1. The summed E-state index contributed by atoms with van der Waals surface area (Å²) in [4.78, 5) is 26.0. The van der Waals surface area contributed by atoms with Crippen LogP contribution in [0.3, 0.4) is 0 Å².